The van der Waals surface area contributed by atoms with E-state index in [0.29, 0.717) is 24.9 Å². The van der Waals surface area contributed by atoms with Gasteiger partial charge < -0.3 is 0 Å². The Labute approximate surface area is 112 Å². The number of nitrogens with zero attached hydrogens (tertiary/aromatic N) is 1. The second-order valence-electron chi connectivity index (χ2n) is 4.81. The molecule has 0 aromatic rings. The maximum absolute atomic E-state index is 11.4. The summed E-state index contributed by atoms with van der Waals surface area (Å²) >= 11 is 3.20. The van der Waals surface area contributed by atoms with Crippen molar-refractivity contribution < 1.29 is 9.53 Å². The van der Waals surface area contributed by atoms with E-state index in [4.69, 9.17) is 4.74 Å². The predicted octanol–water partition coefficient (Wildman–Crippen LogP) is 1.61. The molecule has 2 atom stereocenters. The fraction of sp³-hybridized carbons (Fsp3) is 0.846. The second kappa shape index (κ2) is 7.17. The van der Waals surface area contributed by atoms with Crippen molar-refractivity contribution in [1.82, 2.24) is 4.90 Å². The number of esters is 1. The summed E-state index contributed by atoms with van der Waals surface area (Å²) in [4.78, 5) is 13.9. The minimum absolute atomic E-state index is 0.0823. The molecule has 1 rings (SSSR count). The fourth-order valence-electron chi connectivity index (χ4n) is 2.13. The zero-order chi connectivity index (χ0) is 12.8. The van der Waals surface area contributed by atoms with Crippen LogP contribution in [0.4, 0.5) is 0 Å². The molecule has 0 bridgehead atoms. The molecule has 0 aromatic carbocycles. The quantitative estimate of drug-likeness (QED) is 0.551. The van der Waals surface area contributed by atoms with Crippen molar-refractivity contribution in [2.45, 2.75) is 40.0 Å². The molecule has 98 valence electrons. The third-order valence-corrected chi connectivity index (χ3v) is 4.78. The summed E-state index contributed by atoms with van der Waals surface area (Å²) in [6, 6.07) is 0. The standard InChI is InChI=1S/C13H23NO2Se/c1-4-16-12(15)9-10(2)11(3)13(17)14-7-5-6-8-14/h10-11H,4-9H2,1-3H3/t10-,11+/m1/s1. The van der Waals surface area contributed by atoms with Gasteiger partial charge in [0.25, 0.3) is 0 Å². The molecule has 0 unspecified atom stereocenters. The molecule has 0 amide bonds. The molecule has 4 heteroatoms. The van der Waals surface area contributed by atoms with Crippen LogP contribution in [-0.2, 0) is 9.53 Å². The van der Waals surface area contributed by atoms with Gasteiger partial charge in [-0.1, -0.05) is 0 Å². The monoisotopic (exact) mass is 305 g/mol. The van der Waals surface area contributed by atoms with Crippen LogP contribution in [0.2, 0.25) is 0 Å². The van der Waals surface area contributed by atoms with Crippen LogP contribution in [0.25, 0.3) is 0 Å². The summed E-state index contributed by atoms with van der Waals surface area (Å²) in [5.41, 5.74) is 0. The number of hydrogen-bond donors (Lipinski definition) is 0. The molecule has 17 heavy (non-hydrogen) atoms. The SMILES string of the molecule is CCOC(=O)C[C@@H](C)[C@H](C)C(=[Se])N1CCCC1. The van der Waals surface area contributed by atoms with Crippen molar-refractivity contribution in [2.75, 3.05) is 19.7 Å². The minimum atomic E-state index is -0.0823. The zero-order valence-electron chi connectivity index (χ0n) is 11.1. The van der Waals surface area contributed by atoms with Gasteiger partial charge in [0.15, 0.2) is 0 Å². The van der Waals surface area contributed by atoms with Crippen molar-refractivity contribution in [1.29, 1.82) is 0 Å². The van der Waals surface area contributed by atoms with Gasteiger partial charge in [0, 0.05) is 0 Å². The summed E-state index contributed by atoms with van der Waals surface area (Å²) < 4.78 is 6.30. The Hall–Kier alpha value is -0.341. The van der Waals surface area contributed by atoms with Gasteiger partial charge in [-0.2, -0.15) is 0 Å². The molecule has 0 spiro atoms. The van der Waals surface area contributed by atoms with Gasteiger partial charge in [-0.05, 0) is 0 Å². The molecule has 1 aliphatic heterocycles. The molecule has 0 N–H and O–H groups in total. The molecule has 0 radical (unpaired) electrons. The number of carbonyl (C=O) groups is 1. The van der Waals surface area contributed by atoms with Gasteiger partial charge in [0.1, 0.15) is 0 Å². The van der Waals surface area contributed by atoms with E-state index in [1.54, 1.807) is 0 Å². The Morgan fingerprint density at radius 1 is 1.35 bits per heavy atom. The summed E-state index contributed by atoms with van der Waals surface area (Å²) in [5.74, 6) is 0.643. The Kier molecular flexibility index (Phi) is 6.21. The van der Waals surface area contributed by atoms with Crippen molar-refractivity contribution in [3.05, 3.63) is 0 Å². The van der Waals surface area contributed by atoms with Crippen LogP contribution in [0.15, 0.2) is 0 Å². The molecule has 0 saturated carbocycles. The van der Waals surface area contributed by atoms with Crippen molar-refractivity contribution >= 4 is 26.1 Å². The Bertz CT molecular complexity index is 275. The van der Waals surface area contributed by atoms with Gasteiger partial charge in [-0.15, -0.1) is 0 Å². The Morgan fingerprint density at radius 3 is 2.47 bits per heavy atom. The first-order chi connectivity index (χ1) is 8.06. The first-order valence-electron chi connectivity index (χ1n) is 6.50. The molecule has 1 heterocycles. The first kappa shape index (κ1) is 14.7. The van der Waals surface area contributed by atoms with Crippen LogP contribution in [0, 0.1) is 11.8 Å². The summed E-state index contributed by atoms with van der Waals surface area (Å²) in [5, 5.41) is 0. The van der Waals surface area contributed by atoms with Crippen molar-refractivity contribution in [3.8, 4) is 0 Å². The fourth-order valence-corrected chi connectivity index (χ4v) is 3.00. The van der Waals surface area contributed by atoms with Crippen molar-refractivity contribution in [3.63, 3.8) is 0 Å². The third kappa shape index (κ3) is 4.44. The normalized spacial score (nSPS) is 18.9. The van der Waals surface area contributed by atoms with Crippen LogP contribution in [0.1, 0.15) is 40.0 Å². The van der Waals surface area contributed by atoms with E-state index >= 15 is 0 Å². The molecule has 0 aliphatic carbocycles. The van der Waals surface area contributed by atoms with E-state index in [1.165, 1.54) is 17.4 Å². The van der Waals surface area contributed by atoms with Crippen LogP contribution in [0.3, 0.4) is 0 Å². The third-order valence-electron chi connectivity index (χ3n) is 3.45. The van der Waals surface area contributed by atoms with Gasteiger partial charge in [-0.3, -0.25) is 0 Å². The average Bonchev–Trinajstić information content (AvgIpc) is 2.80. The number of ether oxygens (including phenoxy) is 1. The van der Waals surface area contributed by atoms with Crippen LogP contribution < -0.4 is 0 Å². The Balaban J connectivity index is 2.41. The van der Waals surface area contributed by atoms with E-state index in [-0.39, 0.29) is 5.97 Å². The van der Waals surface area contributed by atoms with Crippen LogP contribution >= 0.6 is 0 Å². The summed E-state index contributed by atoms with van der Waals surface area (Å²) in [6.07, 6.45) is 3.07. The number of carbonyl (C=O) groups excluding carboxylic acids is 1. The van der Waals surface area contributed by atoms with Gasteiger partial charge >= 0.3 is 112 Å². The van der Waals surface area contributed by atoms with E-state index in [0.717, 1.165) is 13.1 Å². The maximum atomic E-state index is 11.4. The van der Waals surface area contributed by atoms with Crippen molar-refractivity contribution in [2.24, 2.45) is 11.8 Å². The molecular formula is C13H23NO2Se. The van der Waals surface area contributed by atoms with Gasteiger partial charge in [-0.25, -0.2) is 0 Å². The predicted molar refractivity (Wildman–Crippen MR) is 71.1 cm³/mol. The van der Waals surface area contributed by atoms with E-state index in [1.807, 2.05) is 6.92 Å². The van der Waals surface area contributed by atoms with Gasteiger partial charge in [0.2, 0.25) is 0 Å². The molecule has 1 saturated heterocycles. The average molecular weight is 304 g/mol. The molecular weight excluding hydrogens is 281 g/mol. The molecule has 0 aromatic heterocycles. The topological polar surface area (TPSA) is 29.5 Å². The molecule has 1 fully saturated rings. The first-order valence-corrected chi connectivity index (χ1v) is 7.36. The summed E-state index contributed by atoms with van der Waals surface area (Å²) in [7, 11) is 0. The van der Waals surface area contributed by atoms with E-state index in [2.05, 4.69) is 34.3 Å². The van der Waals surface area contributed by atoms with Gasteiger partial charge in [0.05, 0.1) is 0 Å². The zero-order valence-corrected chi connectivity index (χ0v) is 12.8. The van der Waals surface area contributed by atoms with E-state index in [9.17, 15) is 4.79 Å². The second-order valence-corrected chi connectivity index (χ2v) is 5.69. The molecule has 3 nitrogen and oxygen atoms in total. The summed E-state index contributed by atoms with van der Waals surface area (Å²) in [6.45, 7) is 8.93. The van der Waals surface area contributed by atoms with E-state index < -0.39 is 0 Å². The van der Waals surface area contributed by atoms with Crippen LogP contribution in [0.5, 0.6) is 0 Å². The number of likely N-dealkylation sites (tertiary alicyclic amines) is 1. The molecule has 1 aliphatic rings. The number of hydrogen-bond acceptors (Lipinski definition) is 3. The number of rotatable bonds is 6. The Morgan fingerprint density at radius 2 is 1.94 bits per heavy atom. The van der Waals surface area contributed by atoms with Crippen LogP contribution in [-0.4, -0.2) is 50.7 Å².